The number of nitrogens with zero attached hydrogens (tertiary/aromatic N) is 6. The zero-order chi connectivity index (χ0) is 28.0. The Hall–Kier alpha value is -4.52. The average Bonchev–Trinajstić information content (AvgIpc) is 3.45. The molecule has 0 spiro atoms. The van der Waals surface area contributed by atoms with Gasteiger partial charge in [0.05, 0.1) is 30.1 Å². The smallest absolute Gasteiger partial charge is 0.387 e. The van der Waals surface area contributed by atoms with E-state index in [2.05, 4.69) is 20.2 Å². The molecule has 0 bridgehead atoms. The monoisotopic (exact) mass is 551 g/mol. The molecule has 2 fully saturated rings. The molecule has 11 nitrogen and oxygen atoms in total. The van der Waals surface area contributed by atoms with Crippen molar-refractivity contribution in [3.63, 3.8) is 0 Å². The van der Waals surface area contributed by atoms with Gasteiger partial charge in [0.1, 0.15) is 5.75 Å². The molecular formula is C27H27F2N7O4. The van der Waals surface area contributed by atoms with Crippen LogP contribution in [0.2, 0.25) is 0 Å². The van der Waals surface area contributed by atoms with Gasteiger partial charge in [0, 0.05) is 56.7 Å². The highest BCUT2D eigenvalue weighted by Crippen LogP contribution is 2.29. The first kappa shape index (κ1) is 25.7. The Bertz CT molecular complexity index is 1640. The SMILES string of the molecule is Cn1c(=O)c2ccc(-c3cnc(N4CCN5C(=O)NC[C@@H]5C4)nc3)cc2n1Cc1c(CO)cccc1OC(F)F. The van der Waals surface area contributed by atoms with Crippen LogP contribution in [0.1, 0.15) is 11.1 Å². The predicted molar refractivity (Wildman–Crippen MR) is 142 cm³/mol. The van der Waals surface area contributed by atoms with Crippen LogP contribution >= 0.6 is 0 Å². The van der Waals surface area contributed by atoms with Gasteiger partial charge >= 0.3 is 12.6 Å². The Morgan fingerprint density at radius 3 is 2.67 bits per heavy atom. The van der Waals surface area contributed by atoms with E-state index < -0.39 is 6.61 Å². The molecule has 4 aromatic rings. The summed E-state index contributed by atoms with van der Waals surface area (Å²) in [6, 6.07) is 9.99. The Morgan fingerprint density at radius 1 is 1.12 bits per heavy atom. The molecule has 0 saturated carbocycles. The Kier molecular flexibility index (Phi) is 6.58. The van der Waals surface area contributed by atoms with Crippen LogP contribution < -0.4 is 20.5 Å². The summed E-state index contributed by atoms with van der Waals surface area (Å²) in [7, 11) is 1.60. The summed E-state index contributed by atoms with van der Waals surface area (Å²) in [5.41, 5.74) is 2.63. The van der Waals surface area contributed by atoms with Gasteiger partial charge in [0.15, 0.2) is 0 Å². The molecule has 2 saturated heterocycles. The van der Waals surface area contributed by atoms with Crippen molar-refractivity contribution in [2.45, 2.75) is 25.8 Å². The highest BCUT2D eigenvalue weighted by atomic mass is 19.3. The summed E-state index contributed by atoms with van der Waals surface area (Å²) in [5, 5.41) is 13.2. The van der Waals surface area contributed by atoms with Gasteiger partial charge in [-0.25, -0.2) is 14.8 Å². The maximum atomic E-state index is 13.1. The molecule has 2 aliphatic heterocycles. The first-order valence-electron chi connectivity index (χ1n) is 12.8. The van der Waals surface area contributed by atoms with Crippen molar-refractivity contribution < 1.29 is 23.4 Å². The molecule has 0 unspecified atom stereocenters. The van der Waals surface area contributed by atoms with E-state index in [4.69, 9.17) is 4.74 Å². The number of carbonyl (C=O) groups excluding carboxylic acids is 1. The van der Waals surface area contributed by atoms with E-state index >= 15 is 0 Å². The van der Waals surface area contributed by atoms with E-state index in [-0.39, 0.29) is 36.5 Å². The summed E-state index contributed by atoms with van der Waals surface area (Å²) in [6.07, 6.45) is 3.43. The lowest BCUT2D eigenvalue weighted by atomic mass is 10.1. The van der Waals surface area contributed by atoms with E-state index in [9.17, 15) is 23.5 Å². The highest BCUT2D eigenvalue weighted by molar-refractivity contribution is 5.84. The summed E-state index contributed by atoms with van der Waals surface area (Å²) >= 11 is 0. The van der Waals surface area contributed by atoms with Crippen LogP contribution in [0.15, 0.2) is 53.6 Å². The Morgan fingerprint density at radius 2 is 1.93 bits per heavy atom. The number of halogens is 2. The van der Waals surface area contributed by atoms with Crippen LogP contribution in [0.5, 0.6) is 5.75 Å². The number of carbonyl (C=O) groups is 1. The van der Waals surface area contributed by atoms with Crippen LogP contribution in [-0.2, 0) is 20.2 Å². The third-order valence-electron chi connectivity index (χ3n) is 7.57. The van der Waals surface area contributed by atoms with Crippen molar-refractivity contribution in [1.29, 1.82) is 0 Å². The van der Waals surface area contributed by atoms with Crippen molar-refractivity contribution in [3.05, 3.63) is 70.3 Å². The van der Waals surface area contributed by atoms with Crippen molar-refractivity contribution in [1.82, 2.24) is 29.5 Å². The largest absolute Gasteiger partial charge is 0.434 e. The van der Waals surface area contributed by atoms with Gasteiger partial charge in [-0.3, -0.25) is 14.2 Å². The molecule has 0 radical (unpaired) electrons. The first-order chi connectivity index (χ1) is 19.3. The quantitative estimate of drug-likeness (QED) is 0.362. The molecule has 2 N–H and O–H groups in total. The number of aliphatic hydroxyl groups excluding tert-OH is 1. The molecule has 2 aliphatic rings. The maximum absolute atomic E-state index is 13.1. The first-order valence-corrected chi connectivity index (χ1v) is 12.8. The van der Waals surface area contributed by atoms with Gasteiger partial charge < -0.3 is 25.0 Å². The lowest BCUT2D eigenvalue weighted by Gasteiger charge is -2.36. The van der Waals surface area contributed by atoms with E-state index in [1.165, 1.54) is 16.8 Å². The number of rotatable bonds is 7. The summed E-state index contributed by atoms with van der Waals surface area (Å²) < 4.78 is 34.0. The molecule has 6 rings (SSSR count). The number of ether oxygens (including phenoxy) is 1. The van der Waals surface area contributed by atoms with Crippen LogP contribution in [0.3, 0.4) is 0 Å². The van der Waals surface area contributed by atoms with E-state index in [1.807, 2.05) is 17.0 Å². The molecule has 2 aromatic heterocycles. The van der Waals surface area contributed by atoms with Crippen LogP contribution in [0, 0.1) is 0 Å². The molecule has 1 atom stereocenters. The number of benzene rings is 2. The summed E-state index contributed by atoms with van der Waals surface area (Å²) in [5.74, 6) is 0.516. The van der Waals surface area contributed by atoms with Crippen molar-refractivity contribution in [2.75, 3.05) is 31.1 Å². The third kappa shape index (κ3) is 4.51. The fraction of sp³-hybridized carbons (Fsp3) is 0.333. The van der Waals surface area contributed by atoms with Crippen molar-refractivity contribution in [2.24, 2.45) is 7.05 Å². The maximum Gasteiger partial charge on any atom is 0.387 e. The summed E-state index contributed by atoms with van der Waals surface area (Å²) in [4.78, 5) is 37.9. The minimum atomic E-state index is -3.03. The van der Waals surface area contributed by atoms with Gasteiger partial charge in [0.2, 0.25) is 5.95 Å². The van der Waals surface area contributed by atoms with E-state index in [1.54, 1.807) is 36.3 Å². The lowest BCUT2D eigenvalue weighted by Crippen LogP contribution is -2.52. The van der Waals surface area contributed by atoms with Crippen molar-refractivity contribution in [3.8, 4) is 16.9 Å². The molecule has 2 amide bonds. The van der Waals surface area contributed by atoms with Gasteiger partial charge in [-0.05, 0) is 29.3 Å². The number of piperazine rings is 1. The normalized spacial score (nSPS) is 17.0. The van der Waals surface area contributed by atoms with Gasteiger partial charge in [-0.2, -0.15) is 8.78 Å². The van der Waals surface area contributed by atoms with Crippen LogP contribution in [-0.4, -0.2) is 74.2 Å². The second-order valence-corrected chi connectivity index (χ2v) is 9.80. The fourth-order valence-electron chi connectivity index (χ4n) is 5.46. The van der Waals surface area contributed by atoms with Crippen LogP contribution in [0.4, 0.5) is 19.5 Å². The van der Waals surface area contributed by atoms with Gasteiger partial charge in [-0.1, -0.05) is 18.2 Å². The number of aromatic nitrogens is 4. The Balaban J connectivity index is 1.32. The molecule has 4 heterocycles. The molecule has 0 aliphatic carbocycles. The van der Waals surface area contributed by atoms with Crippen molar-refractivity contribution >= 4 is 22.9 Å². The zero-order valence-corrected chi connectivity index (χ0v) is 21.6. The standard InChI is InChI=1S/C27H27F2N7O4/c1-33-24(38)20-6-5-16(9-22(20)36(33)14-21-17(15-37)3-2-4-23(21)40-25(28)29)18-10-30-26(31-11-18)34-7-8-35-19(13-34)12-32-27(35)39/h2-6,9-11,19,25,37H,7-8,12-15H2,1H3,(H,32,39)/t19-/m1/s1. The second-order valence-electron chi connectivity index (χ2n) is 9.80. The van der Waals surface area contributed by atoms with E-state index in [0.717, 1.165) is 11.1 Å². The zero-order valence-electron chi connectivity index (χ0n) is 21.6. The number of alkyl halides is 2. The molecular weight excluding hydrogens is 524 g/mol. The number of hydrogen-bond acceptors (Lipinski definition) is 7. The number of fused-ring (bicyclic) bond motifs is 2. The second kappa shape index (κ2) is 10.2. The summed E-state index contributed by atoms with van der Waals surface area (Å²) in [6.45, 7) is -0.894. The number of amides is 2. The number of hydrogen-bond donors (Lipinski definition) is 2. The topological polar surface area (TPSA) is 118 Å². The van der Waals surface area contributed by atoms with Crippen LogP contribution in [0.25, 0.3) is 22.0 Å². The highest BCUT2D eigenvalue weighted by Gasteiger charge is 2.36. The third-order valence-corrected chi connectivity index (χ3v) is 7.57. The molecule has 40 heavy (non-hydrogen) atoms. The molecule has 13 heteroatoms. The molecule has 208 valence electrons. The minimum Gasteiger partial charge on any atom is -0.434 e. The predicted octanol–water partition coefficient (Wildman–Crippen LogP) is 2.15. The average molecular weight is 552 g/mol. The minimum absolute atomic E-state index is 0.0252. The Labute approximate surface area is 227 Å². The van der Waals surface area contributed by atoms with Gasteiger partial charge in [0.25, 0.3) is 5.56 Å². The lowest BCUT2D eigenvalue weighted by molar-refractivity contribution is -0.0506. The number of nitrogens with one attached hydrogen (secondary N) is 1. The number of anilines is 1. The van der Waals surface area contributed by atoms with E-state index in [0.29, 0.717) is 54.2 Å². The van der Waals surface area contributed by atoms with Gasteiger partial charge in [-0.15, -0.1) is 0 Å². The number of urea groups is 1. The fourth-order valence-corrected chi connectivity index (χ4v) is 5.46. The molecule has 2 aromatic carbocycles. The number of aliphatic hydroxyl groups is 1.